The molecule has 0 aliphatic heterocycles. The van der Waals surface area contributed by atoms with E-state index in [0.717, 1.165) is 11.1 Å². The lowest BCUT2D eigenvalue weighted by Crippen LogP contribution is -1.91. The number of benzene rings is 2. The van der Waals surface area contributed by atoms with Crippen LogP contribution >= 0.6 is 0 Å². The van der Waals surface area contributed by atoms with Crippen molar-refractivity contribution in [2.45, 2.75) is 12.8 Å². The molecule has 0 fully saturated rings. The Bertz CT molecular complexity index is 821. The Morgan fingerprint density at radius 2 is 1.46 bits per heavy atom. The lowest BCUT2D eigenvalue weighted by molar-refractivity contribution is -0.114. The molecular formula is C21H22O5. The van der Waals surface area contributed by atoms with Gasteiger partial charge >= 0.3 is 0 Å². The van der Waals surface area contributed by atoms with Crippen LogP contribution < -0.4 is 9.47 Å². The maximum absolute atomic E-state index is 11.9. The maximum atomic E-state index is 11.9. The van der Waals surface area contributed by atoms with Crippen LogP contribution in [0.25, 0.3) is 12.2 Å². The van der Waals surface area contributed by atoms with Crippen molar-refractivity contribution in [1.82, 2.24) is 0 Å². The van der Waals surface area contributed by atoms with Gasteiger partial charge in [-0.3, -0.25) is 4.79 Å². The molecule has 0 saturated heterocycles. The summed E-state index contributed by atoms with van der Waals surface area (Å²) in [5.74, 6) is 0.940. The summed E-state index contributed by atoms with van der Waals surface area (Å²) in [5, 5.41) is 19.1. The van der Waals surface area contributed by atoms with Crippen LogP contribution in [0.5, 0.6) is 23.0 Å². The molecule has 0 saturated carbocycles. The highest BCUT2D eigenvalue weighted by molar-refractivity contribution is 5.93. The molecular weight excluding hydrogens is 332 g/mol. The molecule has 5 heteroatoms. The number of rotatable bonds is 8. The normalized spacial score (nSPS) is 11.2. The predicted molar refractivity (Wildman–Crippen MR) is 102 cm³/mol. The number of ether oxygens (including phenoxy) is 2. The number of hydrogen-bond acceptors (Lipinski definition) is 5. The minimum Gasteiger partial charge on any atom is -0.504 e. The van der Waals surface area contributed by atoms with Crippen molar-refractivity contribution < 1.29 is 24.5 Å². The van der Waals surface area contributed by atoms with Crippen molar-refractivity contribution >= 4 is 17.9 Å². The SMILES string of the molecule is COc1cc(C=CCCC(=O)C=Cc2ccc(O)c(OC)c2)ccc1O. The largest absolute Gasteiger partial charge is 0.504 e. The number of ketones is 1. The number of phenolic OH excluding ortho intramolecular Hbond substituents is 2. The van der Waals surface area contributed by atoms with E-state index in [2.05, 4.69) is 0 Å². The molecule has 2 aromatic rings. The number of phenols is 2. The van der Waals surface area contributed by atoms with E-state index < -0.39 is 0 Å². The third-order valence-corrected chi connectivity index (χ3v) is 3.74. The van der Waals surface area contributed by atoms with Crippen LogP contribution in [0.3, 0.4) is 0 Å². The molecule has 2 rings (SSSR count). The molecule has 5 nitrogen and oxygen atoms in total. The molecule has 2 N–H and O–H groups in total. The van der Waals surface area contributed by atoms with E-state index >= 15 is 0 Å². The highest BCUT2D eigenvalue weighted by Gasteiger charge is 2.02. The van der Waals surface area contributed by atoms with Gasteiger partial charge in [0.15, 0.2) is 28.8 Å². The smallest absolute Gasteiger partial charge is 0.161 e. The Labute approximate surface area is 152 Å². The molecule has 0 atom stereocenters. The molecule has 2 aromatic carbocycles. The zero-order valence-corrected chi connectivity index (χ0v) is 14.8. The van der Waals surface area contributed by atoms with Gasteiger partial charge in [0.2, 0.25) is 0 Å². The lowest BCUT2D eigenvalue weighted by atomic mass is 10.1. The number of allylic oxidation sites excluding steroid dienone is 2. The van der Waals surface area contributed by atoms with E-state index in [1.807, 2.05) is 12.2 Å². The van der Waals surface area contributed by atoms with Crippen LogP contribution in [0.1, 0.15) is 24.0 Å². The Morgan fingerprint density at radius 1 is 0.923 bits per heavy atom. The number of carbonyl (C=O) groups excluding carboxylic acids is 1. The zero-order chi connectivity index (χ0) is 18.9. The van der Waals surface area contributed by atoms with Crippen molar-refractivity contribution in [2.24, 2.45) is 0 Å². The first kappa shape index (κ1) is 19.1. The van der Waals surface area contributed by atoms with Gasteiger partial charge in [-0.15, -0.1) is 0 Å². The van der Waals surface area contributed by atoms with Crippen LogP contribution in [-0.2, 0) is 4.79 Å². The van der Waals surface area contributed by atoms with E-state index in [9.17, 15) is 15.0 Å². The van der Waals surface area contributed by atoms with E-state index in [-0.39, 0.29) is 17.3 Å². The molecule has 0 bridgehead atoms. The van der Waals surface area contributed by atoms with Crippen molar-refractivity contribution in [3.63, 3.8) is 0 Å². The van der Waals surface area contributed by atoms with Gasteiger partial charge in [-0.05, 0) is 47.9 Å². The summed E-state index contributed by atoms with van der Waals surface area (Å²) in [4.78, 5) is 11.9. The number of carbonyl (C=O) groups is 1. The molecule has 0 heterocycles. The van der Waals surface area contributed by atoms with Gasteiger partial charge in [0.1, 0.15) is 0 Å². The minimum atomic E-state index is 0.00461. The summed E-state index contributed by atoms with van der Waals surface area (Å²) in [6, 6.07) is 9.97. The molecule has 0 aliphatic carbocycles. The Balaban J connectivity index is 1.87. The summed E-state index contributed by atoms with van der Waals surface area (Å²) in [7, 11) is 2.97. The summed E-state index contributed by atoms with van der Waals surface area (Å²) in [5.41, 5.74) is 1.67. The van der Waals surface area contributed by atoms with Crippen molar-refractivity contribution in [3.8, 4) is 23.0 Å². The second-order valence-corrected chi connectivity index (χ2v) is 5.60. The fourth-order valence-electron chi connectivity index (χ4n) is 2.31. The first-order valence-corrected chi connectivity index (χ1v) is 8.15. The van der Waals surface area contributed by atoms with Crippen molar-refractivity contribution in [1.29, 1.82) is 0 Å². The molecule has 0 unspecified atom stereocenters. The van der Waals surface area contributed by atoms with Crippen molar-refractivity contribution in [2.75, 3.05) is 14.2 Å². The summed E-state index contributed by atoms with van der Waals surface area (Å²) >= 11 is 0. The average Bonchev–Trinajstić information content (AvgIpc) is 2.65. The van der Waals surface area contributed by atoms with Gasteiger partial charge in [0.25, 0.3) is 0 Å². The van der Waals surface area contributed by atoms with E-state index in [1.165, 1.54) is 26.4 Å². The predicted octanol–water partition coefficient (Wildman–Crippen LogP) is 4.19. The molecule has 0 aliphatic rings. The molecule has 0 spiro atoms. The molecule has 0 aromatic heterocycles. The minimum absolute atomic E-state index is 0.00461. The van der Waals surface area contributed by atoms with Gasteiger partial charge < -0.3 is 19.7 Å². The highest BCUT2D eigenvalue weighted by atomic mass is 16.5. The Hall–Kier alpha value is -3.21. The molecule has 0 amide bonds. The van der Waals surface area contributed by atoms with Crippen molar-refractivity contribution in [3.05, 3.63) is 59.7 Å². The molecule has 26 heavy (non-hydrogen) atoms. The van der Waals surface area contributed by atoms with Crippen LogP contribution in [0.2, 0.25) is 0 Å². The monoisotopic (exact) mass is 354 g/mol. The quantitative estimate of drug-likeness (QED) is 0.695. The fraction of sp³-hybridized carbons (Fsp3) is 0.190. The third kappa shape index (κ3) is 5.41. The van der Waals surface area contributed by atoms with Gasteiger partial charge in [-0.1, -0.05) is 30.4 Å². The first-order chi connectivity index (χ1) is 12.5. The van der Waals surface area contributed by atoms with Gasteiger partial charge in [-0.2, -0.15) is 0 Å². The van der Waals surface area contributed by atoms with Crippen LogP contribution in [0.15, 0.2) is 48.6 Å². The zero-order valence-electron chi connectivity index (χ0n) is 14.8. The maximum Gasteiger partial charge on any atom is 0.161 e. The topological polar surface area (TPSA) is 76.0 Å². The van der Waals surface area contributed by atoms with Gasteiger partial charge in [-0.25, -0.2) is 0 Å². The van der Waals surface area contributed by atoms with Gasteiger partial charge in [0.05, 0.1) is 14.2 Å². The second kappa shape index (κ2) is 9.32. The first-order valence-electron chi connectivity index (χ1n) is 8.15. The van der Waals surface area contributed by atoms with E-state index in [4.69, 9.17) is 9.47 Å². The summed E-state index contributed by atoms with van der Waals surface area (Å²) < 4.78 is 10.1. The van der Waals surface area contributed by atoms with Crippen LogP contribution in [0, 0.1) is 0 Å². The van der Waals surface area contributed by atoms with Crippen LogP contribution in [-0.4, -0.2) is 30.2 Å². The number of hydrogen-bond donors (Lipinski definition) is 2. The summed E-state index contributed by atoms with van der Waals surface area (Å²) in [6.07, 6.45) is 7.98. The van der Waals surface area contributed by atoms with Crippen LogP contribution in [0.4, 0.5) is 0 Å². The highest BCUT2D eigenvalue weighted by Crippen LogP contribution is 2.27. The lowest BCUT2D eigenvalue weighted by Gasteiger charge is -2.03. The molecule has 0 radical (unpaired) electrons. The molecule has 136 valence electrons. The third-order valence-electron chi connectivity index (χ3n) is 3.74. The average molecular weight is 354 g/mol. The fourth-order valence-corrected chi connectivity index (χ4v) is 2.31. The number of aromatic hydroxyl groups is 2. The standard InChI is InChI=1S/C21H22O5/c1-25-20-13-15(8-11-18(20)23)5-3-4-6-17(22)10-7-16-9-12-19(24)21(14-16)26-2/h3,5,7-14,23-24H,4,6H2,1-2H3. The van der Waals surface area contributed by atoms with E-state index in [0.29, 0.717) is 24.3 Å². The Kier molecular flexibility index (Phi) is 6.85. The Morgan fingerprint density at radius 3 is 2.00 bits per heavy atom. The summed E-state index contributed by atoms with van der Waals surface area (Å²) in [6.45, 7) is 0. The van der Waals surface area contributed by atoms with Gasteiger partial charge in [0, 0.05) is 6.42 Å². The van der Waals surface area contributed by atoms with E-state index in [1.54, 1.807) is 36.4 Å². The second-order valence-electron chi connectivity index (χ2n) is 5.60. The number of methoxy groups -OCH3 is 2.